The molecule has 0 saturated carbocycles. The zero-order valence-electron chi connectivity index (χ0n) is 10.3. The van der Waals surface area contributed by atoms with Gasteiger partial charge in [0.1, 0.15) is 6.10 Å². The lowest BCUT2D eigenvalue weighted by molar-refractivity contribution is 0.0600. The Hall–Kier alpha value is -1.35. The Bertz CT molecular complexity index is 383. The van der Waals surface area contributed by atoms with Crippen molar-refractivity contribution in [2.24, 2.45) is 0 Å². The van der Waals surface area contributed by atoms with Crippen molar-refractivity contribution in [1.29, 1.82) is 0 Å². The molecule has 3 heteroatoms. The second kappa shape index (κ2) is 5.32. The van der Waals surface area contributed by atoms with E-state index in [0.717, 1.165) is 12.0 Å². The highest BCUT2D eigenvalue weighted by Crippen LogP contribution is 2.41. The topological polar surface area (TPSA) is 38.8 Å². The maximum Gasteiger partial charge on any atom is 0.337 e. The van der Waals surface area contributed by atoms with Crippen molar-refractivity contribution in [3.63, 3.8) is 0 Å². The van der Waals surface area contributed by atoms with Crippen molar-refractivity contribution < 1.29 is 14.3 Å². The molecule has 1 saturated heterocycles. The molecule has 3 nitrogen and oxygen atoms in total. The quantitative estimate of drug-likeness (QED) is 0.580. The van der Waals surface area contributed by atoms with Gasteiger partial charge in [-0.25, -0.2) is 4.79 Å². The van der Waals surface area contributed by atoms with Gasteiger partial charge in [-0.3, -0.25) is 0 Å². The van der Waals surface area contributed by atoms with Crippen LogP contribution < -0.4 is 0 Å². The SMILES string of the molecule is CCCC[C@H]1O[C@@H]1c1ccc(C(=O)OC)cc1. The lowest BCUT2D eigenvalue weighted by Crippen LogP contribution is -2.00. The fourth-order valence-electron chi connectivity index (χ4n) is 1.99. The minimum Gasteiger partial charge on any atom is -0.465 e. The molecule has 1 aromatic rings. The summed E-state index contributed by atoms with van der Waals surface area (Å²) < 4.78 is 10.3. The van der Waals surface area contributed by atoms with Gasteiger partial charge in [-0.15, -0.1) is 0 Å². The largest absolute Gasteiger partial charge is 0.465 e. The smallest absolute Gasteiger partial charge is 0.337 e. The van der Waals surface area contributed by atoms with Crippen LogP contribution in [-0.2, 0) is 9.47 Å². The molecule has 2 rings (SSSR count). The van der Waals surface area contributed by atoms with Gasteiger partial charge in [0, 0.05) is 0 Å². The van der Waals surface area contributed by atoms with Crippen molar-refractivity contribution in [1.82, 2.24) is 0 Å². The number of benzene rings is 1. The van der Waals surface area contributed by atoms with Crippen molar-refractivity contribution in [3.8, 4) is 0 Å². The van der Waals surface area contributed by atoms with Crippen molar-refractivity contribution in [2.75, 3.05) is 7.11 Å². The average Bonchev–Trinajstić information content (AvgIpc) is 3.15. The molecular formula is C14H18O3. The van der Waals surface area contributed by atoms with Gasteiger partial charge in [0.25, 0.3) is 0 Å². The van der Waals surface area contributed by atoms with E-state index in [2.05, 4.69) is 11.7 Å². The number of hydrogen-bond acceptors (Lipinski definition) is 3. The molecule has 0 bridgehead atoms. The second-order valence-corrected chi connectivity index (χ2v) is 4.35. The highest BCUT2D eigenvalue weighted by molar-refractivity contribution is 5.89. The van der Waals surface area contributed by atoms with Crippen LogP contribution in [0, 0.1) is 0 Å². The number of carbonyl (C=O) groups is 1. The Kier molecular flexibility index (Phi) is 3.79. The van der Waals surface area contributed by atoms with E-state index in [4.69, 9.17) is 4.74 Å². The van der Waals surface area contributed by atoms with Gasteiger partial charge in [0.05, 0.1) is 18.8 Å². The molecule has 1 fully saturated rings. The van der Waals surface area contributed by atoms with Crippen LogP contribution in [0.4, 0.5) is 0 Å². The Balaban J connectivity index is 1.93. The molecule has 1 heterocycles. The van der Waals surface area contributed by atoms with Crippen molar-refractivity contribution in [3.05, 3.63) is 35.4 Å². The Morgan fingerprint density at radius 3 is 2.65 bits per heavy atom. The summed E-state index contributed by atoms with van der Waals surface area (Å²) in [5, 5.41) is 0. The van der Waals surface area contributed by atoms with Crippen LogP contribution in [0.5, 0.6) is 0 Å². The zero-order valence-corrected chi connectivity index (χ0v) is 10.3. The van der Waals surface area contributed by atoms with Crippen LogP contribution in [0.3, 0.4) is 0 Å². The van der Waals surface area contributed by atoms with Crippen LogP contribution in [0.1, 0.15) is 48.2 Å². The summed E-state index contributed by atoms with van der Waals surface area (Å²) in [5.74, 6) is -0.296. The Morgan fingerprint density at radius 1 is 1.35 bits per heavy atom. The monoisotopic (exact) mass is 234 g/mol. The summed E-state index contributed by atoms with van der Waals surface area (Å²) in [7, 11) is 1.39. The highest BCUT2D eigenvalue weighted by atomic mass is 16.6. The molecule has 1 aromatic carbocycles. The molecule has 0 unspecified atom stereocenters. The predicted octanol–water partition coefficient (Wildman–Crippen LogP) is 3.10. The molecule has 2 atom stereocenters. The molecule has 0 N–H and O–H groups in total. The van der Waals surface area contributed by atoms with Gasteiger partial charge in [0.2, 0.25) is 0 Å². The number of epoxide rings is 1. The van der Waals surface area contributed by atoms with Crippen LogP contribution in [-0.4, -0.2) is 19.2 Å². The van der Waals surface area contributed by atoms with E-state index >= 15 is 0 Å². The summed E-state index contributed by atoms with van der Waals surface area (Å²) in [6.45, 7) is 2.18. The van der Waals surface area contributed by atoms with Gasteiger partial charge in [-0.05, 0) is 24.1 Å². The third-order valence-electron chi connectivity index (χ3n) is 3.08. The molecule has 17 heavy (non-hydrogen) atoms. The van der Waals surface area contributed by atoms with E-state index in [1.165, 1.54) is 20.0 Å². The zero-order chi connectivity index (χ0) is 12.3. The molecule has 0 radical (unpaired) electrons. The second-order valence-electron chi connectivity index (χ2n) is 4.35. The minimum absolute atomic E-state index is 0.230. The number of esters is 1. The summed E-state index contributed by atoms with van der Waals surface area (Å²) in [4.78, 5) is 11.3. The Morgan fingerprint density at radius 2 is 2.06 bits per heavy atom. The number of ether oxygens (including phenoxy) is 2. The summed E-state index contributed by atoms with van der Waals surface area (Å²) in [5.41, 5.74) is 1.74. The molecule has 1 aliphatic rings. The third-order valence-corrected chi connectivity index (χ3v) is 3.08. The molecule has 0 spiro atoms. The van der Waals surface area contributed by atoms with E-state index in [1.807, 2.05) is 12.1 Å². The van der Waals surface area contributed by atoms with Crippen LogP contribution in [0.15, 0.2) is 24.3 Å². The maximum atomic E-state index is 11.3. The first-order chi connectivity index (χ1) is 8.26. The normalized spacial score (nSPS) is 22.2. The van der Waals surface area contributed by atoms with Crippen LogP contribution in [0.2, 0.25) is 0 Å². The fourth-order valence-corrected chi connectivity index (χ4v) is 1.99. The Labute approximate surface area is 102 Å². The molecule has 92 valence electrons. The van der Waals surface area contributed by atoms with E-state index in [0.29, 0.717) is 11.7 Å². The number of hydrogen-bond donors (Lipinski definition) is 0. The lowest BCUT2D eigenvalue weighted by atomic mass is 10.0. The minimum atomic E-state index is -0.296. The lowest BCUT2D eigenvalue weighted by Gasteiger charge is -2.00. The van der Waals surface area contributed by atoms with Crippen LogP contribution in [0.25, 0.3) is 0 Å². The van der Waals surface area contributed by atoms with Gasteiger partial charge in [0.15, 0.2) is 0 Å². The summed E-state index contributed by atoms with van der Waals surface area (Å²) >= 11 is 0. The first-order valence-electron chi connectivity index (χ1n) is 6.10. The number of methoxy groups -OCH3 is 1. The summed E-state index contributed by atoms with van der Waals surface area (Å²) in [6, 6.07) is 7.48. The van der Waals surface area contributed by atoms with E-state index in [-0.39, 0.29) is 12.1 Å². The highest BCUT2D eigenvalue weighted by Gasteiger charge is 2.39. The van der Waals surface area contributed by atoms with Gasteiger partial charge < -0.3 is 9.47 Å². The number of unbranched alkanes of at least 4 members (excludes halogenated alkanes) is 1. The molecule has 0 aliphatic carbocycles. The molecule has 0 aromatic heterocycles. The van der Waals surface area contributed by atoms with Gasteiger partial charge in [-0.1, -0.05) is 31.9 Å². The molecule has 1 aliphatic heterocycles. The molecule has 0 amide bonds. The standard InChI is InChI=1S/C14H18O3/c1-3-4-5-12-13(17-12)10-6-8-11(9-7-10)14(15)16-2/h6-9,12-13H,3-5H2,1-2H3/t12-,13-/m1/s1. The van der Waals surface area contributed by atoms with E-state index in [1.54, 1.807) is 12.1 Å². The predicted molar refractivity (Wildman–Crippen MR) is 64.9 cm³/mol. The number of carbonyl (C=O) groups excluding carboxylic acids is 1. The maximum absolute atomic E-state index is 11.3. The van der Waals surface area contributed by atoms with Crippen molar-refractivity contribution >= 4 is 5.97 Å². The summed E-state index contributed by atoms with van der Waals surface area (Å²) in [6.07, 6.45) is 4.14. The van der Waals surface area contributed by atoms with Gasteiger partial charge in [-0.2, -0.15) is 0 Å². The average molecular weight is 234 g/mol. The first kappa shape index (κ1) is 12.1. The van der Waals surface area contributed by atoms with E-state index < -0.39 is 0 Å². The van der Waals surface area contributed by atoms with Gasteiger partial charge >= 0.3 is 5.97 Å². The fraction of sp³-hybridized carbons (Fsp3) is 0.500. The van der Waals surface area contributed by atoms with E-state index in [9.17, 15) is 4.79 Å². The first-order valence-corrected chi connectivity index (χ1v) is 6.10. The number of rotatable bonds is 5. The van der Waals surface area contributed by atoms with Crippen LogP contribution >= 0.6 is 0 Å². The van der Waals surface area contributed by atoms with Crippen molar-refractivity contribution in [2.45, 2.75) is 38.4 Å². The third kappa shape index (κ3) is 2.86. The molecular weight excluding hydrogens is 216 g/mol.